The Morgan fingerprint density at radius 2 is 1.96 bits per heavy atom. The van der Waals surface area contributed by atoms with Gasteiger partial charge in [0.2, 0.25) is 5.91 Å². The highest BCUT2D eigenvalue weighted by atomic mass is 16.5. The Kier molecular flexibility index (Phi) is 6.34. The highest BCUT2D eigenvalue weighted by molar-refractivity contribution is 5.88. The zero-order chi connectivity index (χ0) is 19.2. The van der Waals surface area contributed by atoms with Crippen LogP contribution in [0.4, 0.5) is 4.79 Å². The summed E-state index contributed by atoms with van der Waals surface area (Å²) >= 11 is 0. The third-order valence-electron chi connectivity index (χ3n) is 4.96. The van der Waals surface area contributed by atoms with Gasteiger partial charge >= 0.3 is 6.03 Å². The van der Waals surface area contributed by atoms with Crippen molar-refractivity contribution >= 4 is 22.8 Å². The Labute approximate surface area is 159 Å². The molecule has 2 N–H and O–H groups in total. The molecule has 7 nitrogen and oxygen atoms in total. The van der Waals surface area contributed by atoms with Gasteiger partial charge in [0.25, 0.3) is 0 Å². The van der Waals surface area contributed by atoms with Gasteiger partial charge in [-0.05, 0) is 24.5 Å². The van der Waals surface area contributed by atoms with Crippen LogP contribution in [0.2, 0.25) is 0 Å². The summed E-state index contributed by atoms with van der Waals surface area (Å²) in [6.45, 7) is 2.29. The molecule has 0 aliphatic carbocycles. The average molecular weight is 372 g/mol. The van der Waals surface area contributed by atoms with E-state index in [0.717, 1.165) is 29.3 Å². The molecule has 0 radical (unpaired) electrons. The number of ether oxygens (including phenoxy) is 1. The summed E-state index contributed by atoms with van der Waals surface area (Å²) in [7, 11) is 3.51. The fourth-order valence-corrected chi connectivity index (χ4v) is 3.52. The number of carbonyl (C=O) groups excluding carboxylic acids is 2. The minimum atomic E-state index is -0.0380. The molecule has 7 heteroatoms. The van der Waals surface area contributed by atoms with Gasteiger partial charge in [-0.15, -0.1) is 0 Å². The maximum absolute atomic E-state index is 12.5. The van der Waals surface area contributed by atoms with Gasteiger partial charge in [-0.25, -0.2) is 4.79 Å². The normalized spacial score (nSPS) is 14.9. The van der Waals surface area contributed by atoms with Gasteiger partial charge in [0.1, 0.15) is 0 Å². The number of carbonyl (C=O) groups is 2. The Hall–Kier alpha value is -2.54. The lowest BCUT2D eigenvalue weighted by Gasteiger charge is -2.36. The topological polar surface area (TPSA) is 77.7 Å². The number of H-pyrrole nitrogens is 1. The maximum Gasteiger partial charge on any atom is 0.319 e. The van der Waals surface area contributed by atoms with Crippen LogP contribution < -0.4 is 5.32 Å². The third kappa shape index (κ3) is 4.80. The molecule has 0 saturated carbocycles. The lowest BCUT2D eigenvalue weighted by atomic mass is 10.1. The molecule has 1 aliphatic rings. The lowest BCUT2D eigenvalue weighted by molar-refractivity contribution is -0.120. The number of aromatic amines is 1. The van der Waals surface area contributed by atoms with Crippen molar-refractivity contribution in [2.75, 3.05) is 40.4 Å². The Morgan fingerprint density at radius 3 is 2.70 bits per heavy atom. The Balaban J connectivity index is 1.54. The zero-order valence-electron chi connectivity index (χ0n) is 16.0. The molecule has 0 atom stereocenters. The second-order valence-electron chi connectivity index (χ2n) is 7.10. The third-order valence-corrected chi connectivity index (χ3v) is 4.96. The fourth-order valence-electron chi connectivity index (χ4n) is 3.52. The molecule has 1 aromatic heterocycles. The van der Waals surface area contributed by atoms with E-state index < -0.39 is 0 Å². The van der Waals surface area contributed by atoms with Gasteiger partial charge in [0, 0.05) is 63.5 Å². The van der Waals surface area contributed by atoms with Crippen molar-refractivity contribution in [3.05, 3.63) is 36.0 Å². The number of urea groups is 1. The van der Waals surface area contributed by atoms with Crippen molar-refractivity contribution in [1.29, 1.82) is 0 Å². The molecule has 1 saturated heterocycles. The van der Waals surface area contributed by atoms with Crippen LogP contribution in [0.3, 0.4) is 0 Å². The standard InChI is InChI=1S/C20H28N4O3/c1-23(2)20(26)24(16-7-11-27-12-8-16)10-9-21-19(25)13-15-14-22-18-6-4-3-5-17(15)18/h3-6,14,16,22H,7-13H2,1-2H3,(H,21,25). The second-order valence-corrected chi connectivity index (χ2v) is 7.10. The van der Waals surface area contributed by atoms with Crippen LogP contribution in [0.1, 0.15) is 18.4 Å². The summed E-state index contributed by atoms with van der Waals surface area (Å²) in [6, 6.07) is 8.09. The van der Waals surface area contributed by atoms with Crippen LogP contribution in [0.5, 0.6) is 0 Å². The first-order valence-electron chi connectivity index (χ1n) is 9.43. The monoisotopic (exact) mass is 372 g/mol. The summed E-state index contributed by atoms with van der Waals surface area (Å²) in [5.41, 5.74) is 2.01. The molecule has 0 spiro atoms. The second kappa shape index (κ2) is 8.90. The van der Waals surface area contributed by atoms with Crippen molar-refractivity contribution < 1.29 is 14.3 Å². The molecule has 3 rings (SSSR count). The van der Waals surface area contributed by atoms with Crippen LogP contribution in [0.15, 0.2) is 30.5 Å². The van der Waals surface area contributed by atoms with Gasteiger partial charge in [-0.3, -0.25) is 4.79 Å². The molecular weight excluding hydrogens is 344 g/mol. The van der Waals surface area contributed by atoms with Crippen molar-refractivity contribution in [2.24, 2.45) is 0 Å². The summed E-state index contributed by atoms with van der Waals surface area (Å²) in [5.74, 6) is -0.0380. The number of nitrogens with zero attached hydrogens (tertiary/aromatic N) is 2. The molecule has 27 heavy (non-hydrogen) atoms. The van der Waals surface area contributed by atoms with Crippen LogP contribution in [-0.4, -0.2) is 73.2 Å². The number of nitrogens with one attached hydrogen (secondary N) is 2. The first kappa shape index (κ1) is 19.2. The largest absolute Gasteiger partial charge is 0.381 e. The number of benzene rings is 1. The van der Waals surface area contributed by atoms with Crippen molar-refractivity contribution in [3.63, 3.8) is 0 Å². The highest BCUT2D eigenvalue weighted by Gasteiger charge is 2.26. The molecular formula is C20H28N4O3. The van der Waals surface area contributed by atoms with E-state index in [2.05, 4.69) is 10.3 Å². The maximum atomic E-state index is 12.5. The van der Waals surface area contributed by atoms with Gasteiger partial charge < -0.3 is 24.8 Å². The van der Waals surface area contributed by atoms with Crippen molar-refractivity contribution in [1.82, 2.24) is 20.1 Å². The van der Waals surface area contributed by atoms with Crippen LogP contribution in [-0.2, 0) is 16.0 Å². The predicted octanol–water partition coefficient (Wildman–Crippen LogP) is 1.99. The fraction of sp³-hybridized carbons (Fsp3) is 0.500. The Morgan fingerprint density at radius 1 is 1.22 bits per heavy atom. The molecule has 1 aliphatic heterocycles. The van der Waals surface area contributed by atoms with Gasteiger partial charge in [-0.1, -0.05) is 18.2 Å². The molecule has 0 bridgehead atoms. The number of aromatic nitrogens is 1. The minimum absolute atomic E-state index is 0.0206. The minimum Gasteiger partial charge on any atom is -0.381 e. The van der Waals surface area contributed by atoms with Crippen LogP contribution in [0, 0.1) is 0 Å². The van der Waals surface area contributed by atoms with Crippen molar-refractivity contribution in [2.45, 2.75) is 25.3 Å². The number of hydrogen-bond donors (Lipinski definition) is 2. The van der Waals surface area contributed by atoms with E-state index in [1.54, 1.807) is 19.0 Å². The molecule has 0 unspecified atom stereocenters. The molecule has 1 fully saturated rings. The molecule has 2 aromatic rings. The molecule has 146 valence electrons. The predicted molar refractivity (Wildman–Crippen MR) is 105 cm³/mol. The number of para-hydroxylation sites is 1. The van der Waals surface area contributed by atoms with E-state index in [0.29, 0.717) is 32.7 Å². The summed E-state index contributed by atoms with van der Waals surface area (Å²) in [4.78, 5) is 31.5. The highest BCUT2D eigenvalue weighted by Crippen LogP contribution is 2.18. The molecule has 1 aromatic carbocycles. The summed E-state index contributed by atoms with van der Waals surface area (Å²) < 4.78 is 5.40. The number of hydrogen-bond acceptors (Lipinski definition) is 3. The van der Waals surface area contributed by atoms with E-state index in [-0.39, 0.29) is 18.0 Å². The Bertz CT molecular complexity index is 780. The molecule has 3 amide bonds. The smallest absolute Gasteiger partial charge is 0.319 e. The number of amides is 3. The quantitative estimate of drug-likeness (QED) is 0.814. The number of fused-ring (bicyclic) bond motifs is 1. The SMILES string of the molecule is CN(C)C(=O)N(CCNC(=O)Cc1c[nH]c2ccccc12)C1CCOCC1. The van der Waals surface area contributed by atoms with Crippen LogP contribution in [0.25, 0.3) is 10.9 Å². The summed E-state index contributed by atoms with van der Waals surface area (Å²) in [6.07, 6.45) is 3.88. The van der Waals surface area contributed by atoms with Gasteiger partial charge in [0.15, 0.2) is 0 Å². The van der Waals surface area contributed by atoms with E-state index >= 15 is 0 Å². The van der Waals surface area contributed by atoms with E-state index in [9.17, 15) is 9.59 Å². The zero-order valence-corrected chi connectivity index (χ0v) is 16.0. The van der Waals surface area contributed by atoms with Crippen LogP contribution >= 0.6 is 0 Å². The van der Waals surface area contributed by atoms with E-state index in [1.807, 2.05) is 35.4 Å². The summed E-state index contributed by atoms with van der Waals surface area (Å²) in [5, 5.41) is 4.02. The first-order valence-corrected chi connectivity index (χ1v) is 9.43. The molecule has 2 heterocycles. The van der Waals surface area contributed by atoms with E-state index in [1.165, 1.54) is 0 Å². The van der Waals surface area contributed by atoms with Crippen molar-refractivity contribution in [3.8, 4) is 0 Å². The number of rotatable bonds is 6. The average Bonchev–Trinajstić information content (AvgIpc) is 3.08. The van der Waals surface area contributed by atoms with Gasteiger partial charge in [0.05, 0.1) is 6.42 Å². The van der Waals surface area contributed by atoms with Gasteiger partial charge in [-0.2, -0.15) is 0 Å². The first-order chi connectivity index (χ1) is 13.1. The lowest BCUT2D eigenvalue weighted by Crippen LogP contribution is -2.50. The van der Waals surface area contributed by atoms with E-state index in [4.69, 9.17) is 4.74 Å².